The Hall–Kier alpha value is -2.01. The smallest absolute Gasteiger partial charge is 0.268 e. The molecule has 0 bridgehead atoms. The summed E-state index contributed by atoms with van der Waals surface area (Å²) in [5, 5.41) is 3.94. The number of aromatic amines is 1. The zero-order chi connectivity index (χ0) is 14.1. The van der Waals surface area contributed by atoms with E-state index in [1.807, 2.05) is 37.3 Å². The van der Waals surface area contributed by atoms with Crippen molar-refractivity contribution in [2.75, 3.05) is 0 Å². The first-order chi connectivity index (χ1) is 9.63. The molecule has 0 aliphatic carbocycles. The van der Waals surface area contributed by atoms with Gasteiger partial charge in [-0.25, -0.2) is 0 Å². The number of H-pyrrole nitrogens is 1. The van der Waals surface area contributed by atoms with E-state index < -0.39 is 0 Å². The third-order valence-electron chi connectivity index (χ3n) is 3.11. The highest BCUT2D eigenvalue weighted by atomic mass is 79.9. The first-order valence-corrected chi connectivity index (χ1v) is 7.06. The van der Waals surface area contributed by atoms with E-state index in [4.69, 9.17) is 4.42 Å². The van der Waals surface area contributed by atoms with Gasteiger partial charge in [0.2, 0.25) is 0 Å². The van der Waals surface area contributed by atoms with Gasteiger partial charge in [-0.2, -0.15) is 0 Å². The minimum Gasteiger partial charge on any atom is -0.459 e. The number of carbonyl (C=O) groups is 1. The van der Waals surface area contributed by atoms with Gasteiger partial charge in [0.1, 0.15) is 17.0 Å². The van der Waals surface area contributed by atoms with E-state index in [1.165, 1.54) is 0 Å². The van der Waals surface area contributed by atoms with Gasteiger partial charge in [0.15, 0.2) is 0 Å². The maximum Gasteiger partial charge on any atom is 0.268 e. The van der Waals surface area contributed by atoms with Crippen LogP contribution in [0.25, 0.3) is 11.0 Å². The molecule has 1 atom stereocenters. The van der Waals surface area contributed by atoms with Crippen LogP contribution in [0, 0.1) is 0 Å². The quantitative estimate of drug-likeness (QED) is 0.761. The predicted octanol–water partition coefficient (Wildman–Crippen LogP) is 4.01. The molecule has 102 valence electrons. The van der Waals surface area contributed by atoms with E-state index in [0.29, 0.717) is 5.69 Å². The van der Waals surface area contributed by atoms with Crippen molar-refractivity contribution < 1.29 is 9.21 Å². The van der Waals surface area contributed by atoms with Crippen molar-refractivity contribution in [3.63, 3.8) is 0 Å². The molecule has 0 radical (unpaired) electrons. The summed E-state index contributed by atoms with van der Waals surface area (Å²) in [6.07, 6.45) is 1.72. The SMILES string of the molecule is CC(NC(=O)c1cc(Br)c[nH]1)c1cc2ccccc2o1. The Morgan fingerprint density at radius 1 is 1.35 bits per heavy atom. The Labute approximate surface area is 124 Å². The standard InChI is InChI=1S/C15H13BrN2O2/c1-9(18-15(19)12-7-11(16)8-17-12)14-6-10-4-2-3-5-13(10)20-14/h2-9,17H,1H3,(H,18,19). The molecule has 0 saturated heterocycles. The van der Waals surface area contributed by atoms with Gasteiger partial charge in [-0.1, -0.05) is 18.2 Å². The number of halogens is 1. The minimum absolute atomic E-state index is 0.163. The summed E-state index contributed by atoms with van der Waals surface area (Å²) >= 11 is 3.31. The molecular formula is C15H13BrN2O2. The zero-order valence-corrected chi connectivity index (χ0v) is 12.4. The lowest BCUT2D eigenvalue weighted by Gasteiger charge is -2.10. The van der Waals surface area contributed by atoms with Crippen molar-refractivity contribution in [3.05, 3.63) is 58.5 Å². The highest BCUT2D eigenvalue weighted by Crippen LogP contribution is 2.23. The molecule has 2 heterocycles. The molecule has 0 spiro atoms. The van der Waals surface area contributed by atoms with Crippen molar-refractivity contribution in [2.24, 2.45) is 0 Å². The van der Waals surface area contributed by atoms with Crippen LogP contribution in [0.15, 0.2) is 51.5 Å². The Bertz CT molecular complexity index is 727. The van der Waals surface area contributed by atoms with Crippen molar-refractivity contribution in [1.82, 2.24) is 10.3 Å². The molecule has 5 heteroatoms. The van der Waals surface area contributed by atoms with Gasteiger partial charge < -0.3 is 14.7 Å². The molecule has 1 amide bonds. The highest BCUT2D eigenvalue weighted by molar-refractivity contribution is 9.10. The fourth-order valence-corrected chi connectivity index (χ4v) is 2.40. The molecule has 0 aliphatic rings. The summed E-state index contributed by atoms with van der Waals surface area (Å²) in [5.41, 5.74) is 1.34. The summed E-state index contributed by atoms with van der Waals surface area (Å²) in [7, 11) is 0. The summed E-state index contributed by atoms with van der Waals surface area (Å²) in [5.74, 6) is 0.578. The number of hydrogen-bond acceptors (Lipinski definition) is 2. The number of hydrogen-bond donors (Lipinski definition) is 2. The summed E-state index contributed by atoms with van der Waals surface area (Å²) in [4.78, 5) is 15.0. The molecule has 2 aromatic heterocycles. The number of furan rings is 1. The van der Waals surface area contributed by atoms with Gasteiger partial charge >= 0.3 is 0 Å². The van der Waals surface area contributed by atoms with Crippen LogP contribution in [0.4, 0.5) is 0 Å². The number of carbonyl (C=O) groups excluding carboxylic acids is 1. The van der Waals surface area contributed by atoms with Crippen molar-refractivity contribution in [3.8, 4) is 0 Å². The second-order valence-corrected chi connectivity index (χ2v) is 5.53. The average molecular weight is 333 g/mol. The van der Waals surface area contributed by atoms with Gasteiger partial charge in [-0.3, -0.25) is 4.79 Å². The lowest BCUT2D eigenvalue weighted by atomic mass is 10.2. The van der Waals surface area contributed by atoms with Gasteiger partial charge in [0.05, 0.1) is 6.04 Å². The number of nitrogens with one attached hydrogen (secondary N) is 2. The van der Waals surface area contributed by atoms with Crippen molar-refractivity contribution in [2.45, 2.75) is 13.0 Å². The third kappa shape index (κ3) is 2.49. The third-order valence-corrected chi connectivity index (χ3v) is 3.57. The highest BCUT2D eigenvalue weighted by Gasteiger charge is 2.16. The van der Waals surface area contributed by atoms with Gasteiger partial charge in [0.25, 0.3) is 5.91 Å². The molecule has 3 rings (SSSR count). The van der Waals surface area contributed by atoms with Gasteiger partial charge in [-0.05, 0) is 41.1 Å². The molecule has 2 N–H and O–H groups in total. The number of para-hydroxylation sites is 1. The van der Waals surface area contributed by atoms with Crippen LogP contribution >= 0.6 is 15.9 Å². The topological polar surface area (TPSA) is 58.0 Å². The Balaban J connectivity index is 1.78. The predicted molar refractivity (Wildman–Crippen MR) is 80.6 cm³/mol. The molecule has 3 aromatic rings. The van der Waals surface area contributed by atoms with Crippen LogP contribution in [-0.2, 0) is 0 Å². The molecule has 20 heavy (non-hydrogen) atoms. The summed E-state index contributed by atoms with van der Waals surface area (Å²) in [6.45, 7) is 1.90. The molecule has 1 unspecified atom stereocenters. The van der Waals surface area contributed by atoms with E-state index in [-0.39, 0.29) is 11.9 Å². The molecule has 0 saturated carbocycles. The fraction of sp³-hybridized carbons (Fsp3) is 0.133. The maximum atomic E-state index is 12.1. The van der Waals surface area contributed by atoms with Crippen LogP contribution in [0.3, 0.4) is 0 Å². The number of benzene rings is 1. The van der Waals surface area contributed by atoms with Gasteiger partial charge in [0, 0.05) is 16.1 Å². The normalized spacial score (nSPS) is 12.5. The maximum absolute atomic E-state index is 12.1. The first-order valence-electron chi connectivity index (χ1n) is 6.27. The number of amides is 1. The number of fused-ring (bicyclic) bond motifs is 1. The molecule has 1 aromatic carbocycles. The Kier molecular flexibility index (Phi) is 3.36. The molecule has 0 fully saturated rings. The van der Waals surface area contributed by atoms with Crippen molar-refractivity contribution in [1.29, 1.82) is 0 Å². The lowest BCUT2D eigenvalue weighted by molar-refractivity contribution is 0.0931. The minimum atomic E-state index is -0.197. The Morgan fingerprint density at radius 2 is 2.15 bits per heavy atom. The molecule has 4 nitrogen and oxygen atoms in total. The second kappa shape index (κ2) is 5.17. The zero-order valence-electron chi connectivity index (χ0n) is 10.8. The van der Waals surface area contributed by atoms with Crippen LogP contribution in [-0.4, -0.2) is 10.9 Å². The fourth-order valence-electron chi connectivity index (χ4n) is 2.06. The van der Waals surface area contributed by atoms with E-state index in [9.17, 15) is 4.79 Å². The van der Waals surface area contributed by atoms with Crippen LogP contribution in [0.1, 0.15) is 29.2 Å². The van der Waals surface area contributed by atoms with Crippen molar-refractivity contribution >= 4 is 32.8 Å². The lowest BCUT2D eigenvalue weighted by Crippen LogP contribution is -2.26. The summed E-state index contributed by atoms with van der Waals surface area (Å²) < 4.78 is 6.58. The van der Waals surface area contributed by atoms with E-state index in [0.717, 1.165) is 21.2 Å². The summed E-state index contributed by atoms with van der Waals surface area (Å²) in [6, 6.07) is 11.3. The van der Waals surface area contributed by atoms with Crippen LogP contribution in [0.2, 0.25) is 0 Å². The van der Waals surface area contributed by atoms with E-state index in [1.54, 1.807) is 12.3 Å². The number of aromatic nitrogens is 1. The Morgan fingerprint density at radius 3 is 2.85 bits per heavy atom. The second-order valence-electron chi connectivity index (χ2n) is 4.61. The molecular weight excluding hydrogens is 320 g/mol. The van der Waals surface area contributed by atoms with E-state index in [2.05, 4.69) is 26.2 Å². The van der Waals surface area contributed by atoms with E-state index >= 15 is 0 Å². The van der Waals surface area contributed by atoms with Crippen LogP contribution in [0.5, 0.6) is 0 Å². The first kappa shape index (κ1) is 13.0. The number of rotatable bonds is 3. The monoisotopic (exact) mass is 332 g/mol. The average Bonchev–Trinajstić information content (AvgIpc) is 3.04. The van der Waals surface area contributed by atoms with Crippen LogP contribution < -0.4 is 5.32 Å². The van der Waals surface area contributed by atoms with Gasteiger partial charge in [-0.15, -0.1) is 0 Å². The largest absolute Gasteiger partial charge is 0.459 e. The molecule has 0 aliphatic heterocycles.